The van der Waals surface area contributed by atoms with Crippen molar-refractivity contribution in [1.82, 2.24) is 0 Å². The number of nitrogens with zero attached hydrogens (tertiary/aromatic N) is 2. The van der Waals surface area contributed by atoms with E-state index in [0.29, 0.717) is 0 Å². The third-order valence-electron chi connectivity index (χ3n) is 0.470. The van der Waals surface area contributed by atoms with Crippen LogP contribution in [0.2, 0.25) is 0 Å². The average molecular weight is 140 g/mol. The number of amides is 1. The van der Waals surface area contributed by atoms with Gasteiger partial charge in [0.05, 0.1) is 7.05 Å². The summed E-state index contributed by atoms with van der Waals surface area (Å²) in [5.41, 5.74) is 7.22. The molecule has 10 heavy (non-hydrogen) atoms. The molecule has 0 aromatic heterocycles. The van der Waals surface area contributed by atoms with Gasteiger partial charge >= 0.3 is 0 Å². The first-order valence-electron chi connectivity index (χ1n) is 2.40. The summed E-state index contributed by atoms with van der Waals surface area (Å²) < 4.78 is 0. The maximum absolute atomic E-state index is 9.90. The van der Waals surface area contributed by atoms with E-state index in [1.807, 2.05) is 0 Å². The van der Waals surface area contributed by atoms with Gasteiger partial charge in [-0.15, -0.1) is 0 Å². The van der Waals surface area contributed by atoms with Gasteiger partial charge in [-0.1, -0.05) is 0 Å². The van der Waals surface area contributed by atoms with E-state index < -0.39 is 11.5 Å². The summed E-state index contributed by atoms with van der Waals surface area (Å²) in [4.78, 5) is 9.90. The van der Waals surface area contributed by atoms with Crippen LogP contribution in [-0.4, -0.2) is 18.8 Å². The number of quaternary nitrogens is 1. The zero-order valence-corrected chi connectivity index (χ0v) is 5.59. The van der Waals surface area contributed by atoms with Crippen molar-refractivity contribution >= 4 is 11.8 Å². The van der Waals surface area contributed by atoms with Crippen LogP contribution in [0, 0.1) is 11.3 Å². The molecule has 0 radical (unpaired) electrons. The molecule has 5 heteroatoms. The molecule has 0 aliphatic rings. The minimum absolute atomic E-state index is 0.565. The Morgan fingerprint density at radius 1 is 1.70 bits per heavy atom. The van der Waals surface area contributed by atoms with Crippen LogP contribution in [0.5, 0.6) is 0 Å². The fourth-order valence-corrected chi connectivity index (χ4v) is 0.135. The first-order chi connectivity index (χ1) is 4.72. The van der Waals surface area contributed by atoms with Gasteiger partial charge in [0.15, 0.2) is 0 Å². The maximum Gasteiger partial charge on any atom is 0.265 e. The average Bonchev–Trinajstić information content (AvgIpc) is 1.94. The van der Waals surface area contributed by atoms with Crippen molar-refractivity contribution < 1.29 is 10.5 Å². The Hall–Kier alpha value is -1.63. The van der Waals surface area contributed by atoms with Crippen LogP contribution < -0.4 is 11.5 Å². The van der Waals surface area contributed by atoms with Crippen molar-refractivity contribution in [3.63, 3.8) is 0 Å². The Kier molecular flexibility index (Phi) is 8.26. The minimum Gasteiger partial charge on any atom is -0.762 e. The van der Waals surface area contributed by atoms with E-state index in [1.54, 1.807) is 7.05 Å². The SMILES string of the molecule is C[NH3+].N#CC(=C=[N-])C(N)=O. The number of nitrogens with two attached hydrogens (primary N) is 1. The summed E-state index contributed by atoms with van der Waals surface area (Å²) in [7, 11) is 1.75. The molecule has 0 atom stereocenters. The molecule has 0 aliphatic heterocycles. The molecule has 1 amide bonds. The van der Waals surface area contributed by atoms with Crippen molar-refractivity contribution in [3.05, 3.63) is 11.0 Å². The molecular formula is C5H8N4O. The predicted molar refractivity (Wildman–Crippen MR) is 35.5 cm³/mol. The quantitative estimate of drug-likeness (QED) is 0.249. The van der Waals surface area contributed by atoms with E-state index in [1.165, 1.54) is 11.9 Å². The molecule has 0 unspecified atom stereocenters. The number of nitriles is 1. The molecule has 54 valence electrons. The van der Waals surface area contributed by atoms with Crippen LogP contribution in [0.15, 0.2) is 5.57 Å². The number of primary amides is 1. The van der Waals surface area contributed by atoms with Crippen LogP contribution in [0.1, 0.15) is 0 Å². The standard InChI is InChI=1S/C4H2N3O.CH5N/c5-1-3(2-6)4(7)8;1-2/h(H2,7,8);2H2,1H3/q-1;/p+1. The second kappa shape index (κ2) is 7.37. The molecule has 0 aromatic rings. The lowest BCUT2D eigenvalue weighted by Crippen LogP contribution is -2.40. The second-order valence-corrected chi connectivity index (χ2v) is 0.963. The first-order valence-corrected chi connectivity index (χ1v) is 2.40. The lowest BCUT2D eigenvalue weighted by molar-refractivity contribution is -0.325. The number of rotatable bonds is 1. The van der Waals surface area contributed by atoms with Crippen LogP contribution in [-0.2, 0) is 4.79 Å². The van der Waals surface area contributed by atoms with E-state index in [2.05, 4.69) is 11.5 Å². The number of carbonyl (C=O) groups is 1. The molecular weight excluding hydrogens is 132 g/mol. The summed E-state index contributed by atoms with van der Waals surface area (Å²) in [5, 5.41) is 15.8. The third-order valence-corrected chi connectivity index (χ3v) is 0.470. The van der Waals surface area contributed by atoms with Gasteiger partial charge in [0.25, 0.3) is 5.91 Å². The molecule has 5 nitrogen and oxygen atoms in total. The Bertz CT molecular complexity index is 196. The van der Waals surface area contributed by atoms with Gasteiger partial charge in [0, 0.05) is 0 Å². The van der Waals surface area contributed by atoms with Crippen LogP contribution in [0.4, 0.5) is 0 Å². The number of carbonyl (C=O) groups excluding carboxylic acids is 1. The monoisotopic (exact) mass is 140 g/mol. The number of hydrogen-bond donors (Lipinski definition) is 2. The molecule has 0 saturated heterocycles. The van der Waals surface area contributed by atoms with Gasteiger partial charge in [-0.3, -0.25) is 4.79 Å². The topological polar surface area (TPSA) is 117 Å². The highest BCUT2D eigenvalue weighted by Crippen LogP contribution is 1.78. The highest BCUT2D eigenvalue weighted by atomic mass is 16.1. The lowest BCUT2D eigenvalue weighted by atomic mass is 10.3. The molecule has 0 rings (SSSR count). The fourth-order valence-electron chi connectivity index (χ4n) is 0.135. The van der Waals surface area contributed by atoms with E-state index in [-0.39, 0.29) is 0 Å². The first kappa shape index (κ1) is 11.2. The Labute approximate surface area is 58.4 Å². The zero-order chi connectivity index (χ0) is 8.57. The maximum atomic E-state index is 9.90. The summed E-state index contributed by atoms with van der Waals surface area (Å²) in [6.45, 7) is 0. The van der Waals surface area contributed by atoms with Gasteiger partial charge in [-0.25, -0.2) is 5.87 Å². The Morgan fingerprint density at radius 2 is 2.10 bits per heavy atom. The fraction of sp³-hybridized carbons (Fsp3) is 0.200. The third kappa shape index (κ3) is 4.53. The van der Waals surface area contributed by atoms with Crippen LogP contribution in [0.3, 0.4) is 0 Å². The van der Waals surface area contributed by atoms with E-state index in [9.17, 15) is 4.79 Å². The van der Waals surface area contributed by atoms with Crippen molar-refractivity contribution in [2.75, 3.05) is 7.05 Å². The van der Waals surface area contributed by atoms with Gasteiger partial charge < -0.3 is 16.9 Å². The smallest absolute Gasteiger partial charge is 0.265 e. The highest BCUT2D eigenvalue weighted by Gasteiger charge is 1.95. The number of hydrogen-bond acceptors (Lipinski definition) is 2. The van der Waals surface area contributed by atoms with Crippen molar-refractivity contribution in [3.8, 4) is 6.07 Å². The normalized spacial score (nSPS) is 5.70. The molecule has 5 N–H and O–H groups in total. The predicted octanol–water partition coefficient (Wildman–Crippen LogP) is -1.98. The van der Waals surface area contributed by atoms with E-state index in [0.717, 1.165) is 0 Å². The largest absolute Gasteiger partial charge is 0.762 e. The second-order valence-electron chi connectivity index (χ2n) is 0.963. The van der Waals surface area contributed by atoms with Crippen LogP contribution in [0.25, 0.3) is 5.41 Å². The molecule has 0 bridgehead atoms. The van der Waals surface area contributed by atoms with Crippen molar-refractivity contribution in [2.45, 2.75) is 0 Å². The molecule has 0 aromatic carbocycles. The van der Waals surface area contributed by atoms with Gasteiger partial charge in [0.1, 0.15) is 11.6 Å². The molecule has 0 heterocycles. The van der Waals surface area contributed by atoms with Gasteiger partial charge in [0.2, 0.25) is 0 Å². The van der Waals surface area contributed by atoms with Crippen molar-refractivity contribution in [1.29, 1.82) is 5.26 Å². The minimum atomic E-state index is -0.977. The molecule has 0 spiro atoms. The van der Waals surface area contributed by atoms with Crippen LogP contribution >= 0.6 is 0 Å². The summed E-state index contributed by atoms with van der Waals surface area (Å²) in [6, 6.07) is 1.33. The summed E-state index contributed by atoms with van der Waals surface area (Å²) in [5.74, 6) is 0.355. The summed E-state index contributed by atoms with van der Waals surface area (Å²) in [6.07, 6.45) is 0. The van der Waals surface area contributed by atoms with Gasteiger partial charge in [-0.2, -0.15) is 5.26 Å². The van der Waals surface area contributed by atoms with E-state index in [4.69, 9.17) is 10.7 Å². The lowest BCUT2D eigenvalue weighted by Gasteiger charge is -1.82. The highest BCUT2D eigenvalue weighted by molar-refractivity contribution is 6.04. The Balaban J connectivity index is 0. The summed E-state index contributed by atoms with van der Waals surface area (Å²) >= 11 is 0. The van der Waals surface area contributed by atoms with E-state index >= 15 is 0 Å². The van der Waals surface area contributed by atoms with Crippen molar-refractivity contribution in [2.24, 2.45) is 5.73 Å². The molecule has 0 aliphatic carbocycles. The zero-order valence-electron chi connectivity index (χ0n) is 5.59. The molecule has 0 fully saturated rings. The Morgan fingerprint density at radius 3 is 2.10 bits per heavy atom. The van der Waals surface area contributed by atoms with Gasteiger partial charge in [-0.05, 0) is 0 Å². The molecule has 0 saturated carbocycles.